The maximum Gasteiger partial charge on any atom is 0.308 e. The van der Waals surface area contributed by atoms with E-state index in [1.165, 1.54) is 0 Å². The second kappa shape index (κ2) is 21.5. The van der Waals surface area contributed by atoms with Crippen LogP contribution in [0, 0.1) is 5.92 Å². The molecule has 0 rings (SSSR count). The largest absolute Gasteiger partial charge is 0.481 e. The third-order valence-electron chi connectivity index (χ3n) is 4.46. The maximum atomic E-state index is 11.9. The molecule has 0 saturated heterocycles. The van der Waals surface area contributed by atoms with Gasteiger partial charge in [-0.3, -0.25) is 14.4 Å². The van der Waals surface area contributed by atoms with Crippen molar-refractivity contribution in [3.63, 3.8) is 0 Å². The number of unbranched alkanes of at least 4 members (excludes halogenated alkanes) is 2. The van der Waals surface area contributed by atoms with Gasteiger partial charge in [-0.1, -0.05) is 26.7 Å². The number of carbonyl (C=O) groups excluding carboxylic acids is 2. The smallest absolute Gasteiger partial charge is 0.308 e. The molecule has 1 unspecified atom stereocenters. The van der Waals surface area contributed by atoms with Crippen LogP contribution < -0.4 is 0 Å². The number of carboxylic acid groups (broad SMARTS) is 1. The van der Waals surface area contributed by atoms with E-state index in [-0.39, 0.29) is 50.5 Å². The van der Waals surface area contributed by atoms with E-state index in [9.17, 15) is 14.4 Å². The molecule has 1 N–H and O–H groups in total. The van der Waals surface area contributed by atoms with E-state index >= 15 is 0 Å². The number of ether oxygens (including phenoxy) is 5. The van der Waals surface area contributed by atoms with E-state index in [1.54, 1.807) is 0 Å². The van der Waals surface area contributed by atoms with Crippen LogP contribution in [0.25, 0.3) is 0 Å². The van der Waals surface area contributed by atoms with Gasteiger partial charge in [-0.25, -0.2) is 0 Å². The molecule has 0 fully saturated rings. The fourth-order valence-corrected chi connectivity index (χ4v) is 2.63. The van der Waals surface area contributed by atoms with Crippen molar-refractivity contribution >= 4 is 17.9 Å². The topological polar surface area (TPSA) is 118 Å². The maximum absolute atomic E-state index is 11.9. The first-order chi connectivity index (χ1) is 15.0. The van der Waals surface area contributed by atoms with Gasteiger partial charge in [0.1, 0.15) is 13.2 Å². The fraction of sp³-hybridized carbons (Fsp3) is 0.864. The fourth-order valence-electron chi connectivity index (χ4n) is 2.63. The van der Waals surface area contributed by atoms with Gasteiger partial charge in [0.2, 0.25) is 0 Å². The summed E-state index contributed by atoms with van der Waals surface area (Å²) in [5.41, 5.74) is 0. The van der Waals surface area contributed by atoms with Crippen molar-refractivity contribution in [1.82, 2.24) is 0 Å². The van der Waals surface area contributed by atoms with Gasteiger partial charge in [0, 0.05) is 12.8 Å². The van der Waals surface area contributed by atoms with Crippen molar-refractivity contribution < 1.29 is 43.2 Å². The number of hydrogen-bond donors (Lipinski definition) is 1. The summed E-state index contributed by atoms with van der Waals surface area (Å²) in [5, 5.41) is 8.50. The van der Waals surface area contributed by atoms with Gasteiger partial charge in [-0.05, 0) is 25.7 Å². The summed E-state index contributed by atoms with van der Waals surface area (Å²) in [7, 11) is 0. The summed E-state index contributed by atoms with van der Waals surface area (Å²) in [4.78, 5) is 33.7. The third-order valence-corrected chi connectivity index (χ3v) is 4.46. The first-order valence-electron chi connectivity index (χ1n) is 11.3. The molecule has 182 valence electrons. The lowest BCUT2D eigenvalue weighted by Crippen LogP contribution is -2.20. The second-order valence-corrected chi connectivity index (χ2v) is 7.07. The van der Waals surface area contributed by atoms with Gasteiger partial charge in [-0.2, -0.15) is 0 Å². The van der Waals surface area contributed by atoms with Crippen LogP contribution in [0.2, 0.25) is 0 Å². The third kappa shape index (κ3) is 20.0. The van der Waals surface area contributed by atoms with Crippen LogP contribution in [0.15, 0.2) is 0 Å². The molecule has 0 radical (unpaired) electrons. The zero-order chi connectivity index (χ0) is 23.2. The Hall–Kier alpha value is -1.71. The lowest BCUT2D eigenvalue weighted by molar-refractivity contribution is -0.150. The Morgan fingerprint density at radius 2 is 1.23 bits per heavy atom. The van der Waals surface area contributed by atoms with Crippen LogP contribution in [0.1, 0.15) is 65.2 Å². The van der Waals surface area contributed by atoms with E-state index < -0.39 is 5.97 Å². The lowest BCUT2D eigenvalue weighted by atomic mass is 10.00. The van der Waals surface area contributed by atoms with Crippen LogP contribution in [0.3, 0.4) is 0 Å². The molecule has 0 aromatic heterocycles. The van der Waals surface area contributed by atoms with Crippen LogP contribution in [-0.2, 0) is 38.1 Å². The van der Waals surface area contributed by atoms with Gasteiger partial charge >= 0.3 is 17.9 Å². The van der Waals surface area contributed by atoms with Crippen molar-refractivity contribution in [2.24, 2.45) is 5.92 Å². The summed E-state index contributed by atoms with van der Waals surface area (Å²) in [6.45, 7) is 6.75. The van der Waals surface area contributed by atoms with Gasteiger partial charge < -0.3 is 28.8 Å². The van der Waals surface area contributed by atoms with E-state index in [0.29, 0.717) is 45.9 Å². The zero-order valence-corrected chi connectivity index (χ0v) is 19.1. The second-order valence-electron chi connectivity index (χ2n) is 7.07. The minimum absolute atomic E-state index is 0.0179. The molecule has 0 aromatic rings. The first kappa shape index (κ1) is 29.3. The molecule has 0 aliphatic heterocycles. The molecule has 31 heavy (non-hydrogen) atoms. The van der Waals surface area contributed by atoms with E-state index in [4.69, 9.17) is 28.8 Å². The lowest BCUT2D eigenvalue weighted by Gasteiger charge is -2.13. The van der Waals surface area contributed by atoms with Crippen LogP contribution in [-0.4, -0.2) is 75.9 Å². The van der Waals surface area contributed by atoms with Crippen molar-refractivity contribution in [3.05, 3.63) is 0 Å². The average Bonchev–Trinajstić information content (AvgIpc) is 2.74. The highest BCUT2D eigenvalue weighted by Crippen LogP contribution is 2.14. The predicted molar refractivity (Wildman–Crippen MR) is 114 cm³/mol. The molecule has 9 heteroatoms. The summed E-state index contributed by atoms with van der Waals surface area (Å²) in [5.74, 6) is -1.37. The molecule has 1 atom stereocenters. The molecule has 9 nitrogen and oxygen atoms in total. The highest BCUT2D eigenvalue weighted by molar-refractivity contribution is 5.72. The van der Waals surface area contributed by atoms with E-state index in [0.717, 1.165) is 25.7 Å². The van der Waals surface area contributed by atoms with Gasteiger partial charge in [0.25, 0.3) is 0 Å². The van der Waals surface area contributed by atoms with Crippen LogP contribution in [0.4, 0.5) is 0 Å². The predicted octanol–water partition coefficient (Wildman–Crippen LogP) is 2.98. The van der Waals surface area contributed by atoms with Crippen molar-refractivity contribution in [2.45, 2.75) is 65.2 Å². The van der Waals surface area contributed by atoms with Crippen molar-refractivity contribution in [3.8, 4) is 0 Å². The number of carbonyl (C=O) groups is 3. The Morgan fingerprint density at radius 1 is 0.710 bits per heavy atom. The van der Waals surface area contributed by atoms with Gasteiger partial charge in [0.15, 0.2) is 0 Å². The minimum Gasteiger partial charge on any atom is -0.481 e. The average molecular weight is 449 g/mol. The van der Waals surface area contributed by atoms with E-state index in [1.807, 2.05) is 6.92 Å². The molecule has 0 saturated carbocycles. The summed E-state index contributed by atoms with van der Waals surface area (Å²) in [6, 6.07) is 0. The molecule has 0 aromatic carbocycles. The molecule has 0 aliphatic rings. The Balaban J connectivity index is 3.35. The monoisotopic (exact) mass is 448 g/mol. The molecule has 0 spiro atoms. The summed E-state index contributed by atoms with van der Waals surface area (Å²) < 4.78 is 26.3. The normalized spacial score (nSPS) is 11.8. The molecule has 0 aliphatic carbocycles. The van der Waals surface area contributed by atoms with Gasteiger partial charge in [0.05, 0.1) is 45.6 Å². The van der Waals surface area contributed by atoms with Crippen molar-refractivity contribution in [1.29, 1.82) is 0 Å². The Kier molecular flexibility index (Phi) is 20.3. The highest BCUT2D eigenvalue weighted by atomic mass is 16.6. The molecular weight excluding hydrogens is 408 g/mol. The molecule has 0 bridgehead atoms. The quantitative estimate of drug-likeness (QED) is 0.197. The zero-order valence-electron chi connectivity index (χ0n) is 19.1. The summed E-state index contributed by atoms with van der Waals surface area (Å²) in [6.07, 6.45) is 5.02. The number of carboxylic acids is 1. The molecule has 0 heterocycles. The Bertz CT molecular complexity index is 468. The van der Waals surface area contributed by atoms with Crippen molar-refractivity contribution in [2.75, 3.05) is 52.9 Å². The first-order valence-corrected chi connectivity index (χ1v) is 11.3. The Morgan fingerprint density at radius 3 is 1.74 bits per heavy atom. The SMILES string of the molecule is CCCCC(CC)C(=O)OCCOCCOCCOCCOC(=O)CCCCC(=O)O. The standard InChI is InChI=1S/C22H40O9/c1-3-5-8-19(4-2)22(26)31-18-16-29-14-12-27-11-13-28-15-17-30-21(25)10-7-6-9-20(23)24/h19H,3-18H2,1-2H3,(H,23,24). The number of rotatable bonds is 22. The minimum atomic E-state index is -0.862. The number of hydrogen-bond acceptors (Lipinski definition) is 8. The van der Waals surface area contributed by atoms with Crippen LogP contribution >= 0.6 is 0 Å². The highest BCUT2D eigenvalue weighted by Gasteiger charge is 2.16. The number of aliphatic carboxylic acids is 1. The Labute approximate surface area is 185 Å². The van der Waals surface area contributed by atoms with E-state index in [2.05, 4.69) is 6.92 Å². The number of esters is 2. The molecule has 0 amide bonds. The van der Waals surface area contributed by atoms with Gasteiger partial charge in [-0.15, -0.1) is 0 Å². The van der Waals surface area contributed by atoms with Crippen LogP contribution in [0.5, 0.6) is 0 Å². The summed E-state index contributed by atoms with van der Waals surface area (Å²) >= 11 is 0. The molecular formula is C22H40O9.